The maximum absolute atomic E-state index is 6.09. The van der Waals surface area contributed by atoms with Crippen molar-refractivity contribution >= 4 is 22.5 Å². The van der Waals surface area contributed by atoms with Gasteiger partial charge in [-0.1, -0.05) is 11.6 Å². The van der Waals surface area contributed by atoms with E-state index in [1.807, 2.05) is 6.92 Å². The summed E-state index contributed by atoms with van der Waals surface area (Å²) >= 11 is 6.09. The summed E-state index contributed by atoms with van der Waals surface area (Å²) in [6.45, 7) is 2.34. The van der Waals surface area contributed by atoms with Crippen LogP contribution in [0.4, 0.5) is 0 Å². The molecule has 18 heavy (non-hydrogen) atoms. The fourth-order valence-electron chi connectivity index (χ4n) is 1.59. The first kappa shape index (κ1) is 12.7. The van der Waals surface area contributed by atoms with Crippen LogP contribution in [0.3, 0.4) is 0 Å². The van der Waals surface area contributed by atoms with E-state index in [4.69, 9.17) is 25.8 Å². The fraction of sp³-hybridized carbons (Fsp3) is 0.333. The van der Waals surface area contributed by atoms with Crippen LogP contribution in [0.5, 0.6) is 17.5 Å². The van der Waals surface area contributed by atoms with Crippen molar-refractivity contribution in [3.63, 3.8) is 0 Å². The predicted molar refractivity (Wildman–Crippen MR) is 68.8 cm³/mol. The largest absolute Gasteiger partial charge is 0.493 e. The second-order valence-corrected chi connectivity index (χ2v) is 3.81. The third kappa shape index (κ3) is 2.26. The molecule has 0 saturated carbocycles. The van der Waals surface area contributed by atoms with Crippen LogP contribution < -0.4 is 14.2 Å². The third-order valence-corrected chi connectivity index (χ3v) is 2.70. The van der Waals surface area contributed by atoms with Crippen LogP contribution in [0.15, 0.2) is 12.1 Å². The molecule has 2 aromatic rings. The average Bonchev–Trinajstić information content (AvgIpc) is 2.37. The third-order valence-electron chi connectivity index (χ3n) is 2.41. The van der Waals surface area contributed by atoms with Gasteiger partial charge in [0.2, 0.25) is 0 Å². The van der Waals surface area contributed by atoms with Gasteiger partial charge in [0.15, 0.2) is 11.5 Å². The first-order valence-electron chi connectivity index (χ1n) is 5.41. The number of rotatable bonds is 4. The first-order valence-corrected chi connectivity index (χ1v) is 5.79. The van der Waals surface area contributed by atoms with Crippen molar-refractivity contribution in [3.8, 4) is 17.5 Å². The van der Waals surface area contributed by atoms with Gasteiger partial charge < -0.3 is 14.2 Å². The fourth-order valence-corrected chi connectivity index (χ4v) is 1.82. The molecule has 96 valence electrons. The Bertz CT molecular complexity index is 575. The van der Waals surface area contributed by atoms with Crippen molar-refractivity contribution in [3.05, 3.63) is 17.3 Å². The molecule has 1 aromatic heterocycles. The van der Waals surface area contributed by atoms with Gasteiger partial charge in [-0.25, -0.2) is 0 Å². The Hall–Kier alpha value is -1.75. The van der Waals surface area contributed by atoms with Gasteiger partial charge in [0.05, 0.1) is 26.3 Å². The highest BCUT2D eigenvalue weighted by Crippen LogP contribution is 2.34. The van der Waals surface area contributed by atoms with Gasteiger partial charge in [-0.3, -0.25) is 0 Å². The van der Waals surface area contributed by atoms with E-state index in [0.29, 0.717) is 34.2 Å². The molecule has 0 spiro atoms. The van der Waals surface area contributed by atoms with E-state index in [1.165, 1.54) is 0 Å². The van der Waals surface area contributed by atoms with Crippen LogP contribution in [-0.2, 0) is 0 Å². The lowest BCUT2D eigenvalue weighted by Gasteiger charge is -2.10. The number of halogens is 1. The molecule has 0 aliphatic rings. The number of aromatic nitrogens is 2. The minimum atomic E-state index is 0.252. The number of nitrogens with zero attached hydrogens (tertiary/aromatic N) is 2. The zero-order valence-electron chi connectivity index (χ0n) is 10.4. The van der Waals surface area contributed by atoms with Crippen LogP contribution >= 0.6 is 11.6 Å². The highest BCUT2D eigenvalue weighted by molar-refractivity contribution is 6.34. The summed E-state index contributed by atoms with van der Waals surface area (Å²) in [7, 11) is 3.13. The van der Waals surface area contributed by atoms with E-state index in [9.17, 15) is 0 Å². The Labute approximate surface area is 110 Å². The summed E-state index contributed by atoms with van der Waals surface area (Å²) in [5.41, 5.74) is 0.649. The summed E-state index contributed by atoms with van der Waals surface area (Å²) in [5, 5.41) is 1.02. The smallest absolute Gasteiger partial charge is 0.318 e. The molecular weight excluding hydrogens is 256 g/mol. The Morgan fingerprint density at radius 1 is 1.11 bits per heavy atom. The second kappa shape index (κ2) is 5.27. The van der Waals surface area contributed by atoms with E-state index < -0.39 is 0 Å². The summed E-state index contributed by atoms with van der Waals surface area (Å²) in [5.74, 6) is 1.17. The lowest BCUT2D eigenvalue weighted by molar-refractivity contribution is 0.314. The van der Waals surface area contributed by atoms with Crippen LogP contribution in [0.25, 0.3) is 10.9 Å². The van der Waals surface area contributed by atoms with Gasteiger partial charge >= 0.3 is 6.01 Å². The van der Waals surface area contributed by atoms with E-state index in [2.05, 4.69) is 9.97 Å². The molecule has 0 aliphatic carbocycles. The van der Waals surface area contributed by atoms with Gasteiger partial charge in [-0.2, -0.15) is 9.97 Å². The van der Waals surface area contributed by atoms with Gasteiger partial charge in [0.1, 0.15) is 5.15 Å². The van der Waals surface area contributed by atoms with E-state index in [-0.39, 0.29) is 6.01 Å². The maximum Gasteiger partial charge on any atom is 0.318 e. The summed E-state index contributed by atoms with van der Waals surface area (Å²) < 4.78 is 15.7. The van der Waals surface area contributed by atoms with Crippen molar-refractivity contribution in [1.82, 2.24) is 9.97 Å². The molecule has 0 radical (unpaired) electrons. The normalized spacial score (nSPS) is 10.4. The number of hydrogen-bond donors (Lipinski definition) is 0. The van der Waals surface area contributed by atoms with E-state index in [0.717, 1.165) is 0 Å². The topological polar surface area (TPSA) is 53.5 Å². The number of hydrogen-bond acceptors (Lipinski definition) is 5. The molecule has 0 aliphatic heterocycles. The zero-order valence-corrected chi connectivity index (χ0v) is 11.1. The maximum atomic E-state index is 6.09. The molecule has 0 atom stereocenters. The average molecular weight is 269 g/mol. The minimum Gasteiger partial charge on any atom is -0.493 e. The molecule has 6 heteroatoms. The lowest BCUT2D eigenvalue weighted by Crippen LogP contribution is -1.99. The van der Waals surface area contributed by atoms with Gasteiger partial charge in [0, 0.05) is 11.5 Å². The predicted octanol–water partition coefficient (Wildman–Crippen LogP) is 2.70. The van der Waals surface area contributed by atoms with Gasteiger partial charge in [0.25, 0.3) is 0 Å². The molecule has 0 saturated heterocycles. The standard InChI is InChI=1S/C12H13ClN2O3/c1-4-18-12-14-8-6-10(17-3)9(16-2)5-7(8)11(13)15-12/h5-6H,4H2,1-3H3. The first-order chi connectivity index (χ1) is 8.69. The van der Waals surface area contributed by atoms with Gasteiger partial charge in [-0.05, 0) is 13.0 Å². The Kier molecular flexibility index (Phi) is 3.72. The number of benzene rings is 1. The monoisotopic (exact) mass is 268 g/mol. The number of ether oxygens (including phenoxy) is 3. The number of fused-ring (bicyclic) bond motifs is 1. The van der Waals surface area contributed by atoms with Crippen molar-refractivity contribution in [2.75, 3.05) is 20.8 Å². The Morgan fingerprint density at radius 3 is 2.39 bits per heavy atom. The molecule has 1 heterocycles. The molecule has 0 fully saturated rings. The Balaban J connectivity index is 2.64. The molecule has 0 bridgehead atoms. The molecular formula is C12H13ClN2O3. The SMILES string of the molecule is CCOc1nc(Cl)c2cc(OC)c(OC)cc2n1. The Morgan fingerprint density at radius 2 is 1.78 bits per heavy atom. The zero-order chi connectivity index (χ0) is 13.1. The van der Waals surface area contributed by atoms with Crippen molar-refractivity contribution in [2.45, 2.75) is 6.92 Å². The summed E-state index contributed by atoms with van der Waals surface area (Å²) in [6, 6.07) is 3.73. The van der Waals surface area contributed by atoms with Crippen LogP contribution in [0.2, 0.25) is 5.15 Å². The molecule has 1 aromatic carbocycles. The van der Waals surface area contributed by atoms with E-state index in [1.54, 1.807) is 26.4 Å². The molecule has 5 nitrogen and oxygen atoms in total. The molecule has 0 amide bonds. The van der Waals surface area contributed by atoms with Crippen LogP contribution in [0.1, 0.15) is 6.92 Å². The second-order valence-electron chi connectivity index (χ2n) is 3.45. The molecule has 2 rings (SSSR count). The van der Waals surface area contributed by atoms with Crippen molar-refractivity contribution in [2.24, 2.45) is 0 Å². The molecule has 0 unspecified atom stereocenters. The highest BCUT2D eigenvalue weighted by Gasteiger charge is 2.12. The van der Waals surface area contributed by atoms with Crippen LogP contribution in [-0.4, -0.2) is 30.8 Å². The van der Waals surface area contributed by atoms with E-state index >= 15 is 0 Å². The van der Waals surface area contributed by atoms with Crippen molar-refractivity contribution in [1.29, 1.82) is 0 Å². The lowest BCUT2D eigenvalue weighted by atomic mass is 10.2. The van der Waals surface area contributed by atoms with Crippen LogP contribution in [0, 0.1) is 0 Å². The van der Waals surface area contributed by atoms with Gasteiger partial charge in [-0.15, -0.1) is 0 Å². The van der Waals surface area contributed by atoms with Crippen molar-refractivity contribution < 1.29 is 14.2 Å². The molecule has 0 N–H and O–H groups in total. The summed E-state index contributed by atoms with van der Waals surface area (Å²) in [6.07, 6.45) is 0. The minimum absolute atomic E-state index is 0.252. The summed E-state index contributed by atoms with van der Waals surface area (Å²) in [4.78, 5) is 8.31. The number of methoxy groups -OCH3 is 2. The highest BCUT2D eigenvalue weighted by atomic mass is 35.5. The quantitative estimate of drug-likeness (QED) is 0.798.